The van der Waals surface area contributed by atoms with E-state index in [-0.39, 0.29) is 28.7 Å². The van der Waals surface area contributed by atoms with Gasteiger partial charge in [-0.15, -0.1) is 11.8 Å². The summed E-state index contributed by atoms with van der Waals surface area (Å²) in [5.74, 6) is -0.246. The van der Waals surface area contributed by atoms with E-state index in [4.69, 9.17) is 18.9 Å². The van der Waals surface area contributed by atoms with Crippen molar-refractivity contribution in [1.82, 2.24) is 0 Å². The van der Waals surface area contributed by atoms with E-state index in [0.29, 0.717) is 13.2 Å². The molecular formula is C20H38O5S. The van der Waals surface area contributed by atoms with Gasteiger partial charge in [-0.25, -0.2) is 0 Å². The minimum Gasteiger partial charge on any atom is -0.465 e. The zero-order valence-electron chi connectivity index (χ0n) is 17.0. The van der Waals surface area contributed by atoms with Gasteiger partial charge in [0.05, 0.1) is 29.3 Å². The molecule has 1 rings (SSSR count). The van der Waals surface area contributed by atoms with Crippen molar-refractivity contribution in [1.29, 1.82) is 0 Å². The summed E-state index contributed by atoms with van der Waals surface area (Å²) in [6.07, 6.45) is 6.42. The van der Waals surface area contributed by atoms with Crippen LogP contribution in [-0.4, -0.2) is 61.7 Å². The van der Waals surface area contributed by atoms with Crippen molar-refractivity contribution in [2.75, 3.05) is 33.0 Å². The Morgan fingerprint density at radius 1 is 0.808 bits per heavy atom. The SMILES string of the molecule is CCCCOC[C@H]1SC(COC(C)=O)[C@@H](OCCCC)[C@H]1OCCCC. The number of unbranched alkanes of at least 4 members (excludes halogenated alkanes) is 3. The van der Waals surface area contributed by atoms with Crippen LogP contribution in [0.4, 0.5) is 0 Å². The fraction of sp³-hybridized carbons (Fsp3) is 0.950. The molecule has 0 aromatic rings. The van der Waals surface area contributed by atoms with E-state index in [2.05, 4.69) is 20.8 Å². The maximum Gasteiger partial charge on any atom is 0.302 e. The van der Waals surface area contributed by atoms with Crippen LogP contribution in [-0.2, 0) is 23.7 Å². The first kappa shape index (κ1) is 23.7. The van der Waals surface area contributed by atoms with Gasteiger partial charge < -0.3 is 18.9 Å². The molecule has 0 N–H and O–H groups in total. The van der Waals surface area contributed by atoms with Crippen molar-refractivity contribution < 1.29 is 23.7 Å². The molecule has 0 aromatic heterocycles. The van der Waals surface area contributed by atoms with Gasteiger partial charge in [0.1, 0.15) is 6.61 Å². The van der Waals surface area contributed by atoms with Crippen LogP contribution >= 0.6 is 11.8 Å². The number of carbonyl (C=O) groups is 1. The number of hydrogen-bond donors (Lipinski definition) is 0. The van der Waals surface area contributed by atoms with Crippen molar-refractivity contribution in [3.8, 4) is 0 Å². The van der Waals surface area contributed by atoms with Gasteiger partial charge in [-0.3, -0.25) is 4.79 Å². The zero-order valence-corrected chi connectivity index (χ0v) is 17.9. The monoisotopic (exact) mass is 390 g/mol. The number of thioether (sulfide) groups is 1. The van der Waals surface area contributed by atoms with Gasteiger partial charge >= 0.3 is 5.97 Å². The third kappa shape index (κ3) is 9.07. The van der Waals surface area contributed by atoms with E-state index >= 15 is 0 Å². The van der Waals surface area contributed by atoms with E-state index in [1.807, 2.05) is 0 Å². The van der Waals surface area contributed by atoms with Gasteiger partial charge in [0, 0.05) is 26.7 Å². The normalized spacial score (nSPS) is 25.5. The van der Waals surface area contributed by atoms with Crippen LogP contribution in [0.15, 0.2) is 0 Å². The van der Waals surface area contributed by atoms with Gasteiger partial charge in [0.25, 0.3) is 0 Å². The van der Waals surface area contributed by atoms with Crippen molar-refractivity contribution in [3.05, 3.63) is 0 Å². The quantitative estimate of drug-likeness (QED) is 0.308. The topological polar surface area (TPSA) is 54.0 Å². The first-order valence-electron chi connectivity index (χ1n) is 10.2. The van der Waals surface area contributed by atoms with Crippen molar-refractivity contribution in [3.63, 3.8) is 0 Å². The van der Waals surface area contributed by atoms with Crippen LogP contribution < -0.4 is 0 Å². The summed E-state index contributed by atoms with van der Waals surface area (Å²) in [5.41, 5.74) is 0. The molecule has 0 bridgehead atoms. The molecule has 1 heterocycles. The highest BCUT2D eigenvalue weighted by Gasteiger charge is 2.46. The molecule has 6 heteroatoms. The fourth-order valence-corrected chi connectivity index (χ4v) is 4.40. The van der Waals surface area contributed by atoms with E-state index in [9.17, 15) is 4.79 Å². The Bertz CT molecular complexity index is 366. The average Bonchev–Trinajstić information content (AvgIpc) is 2.94. The molecule has 0 saturated carbocycles. The minimum atomic E-state index is -0.246. The number of rotatable bonds is 15. The Balaban J connectivity index is 2.71. The summed E-state index contributed by atoms with van der Waals surface area (Å²) in [6, 6.07) is 0. The van der Waals surface area contributed by atoms with Crippen LogP contribution in [0.25, 0.3) is 0 Å². The molecule has 1 unspecified atom stereocenters. The lowest BCUT2D eigenvalue weighted by Gasteiger charge is -2.26. The largest absolute Gasteiger partial charge is 0.465 e. The Morgan fingerprint density at radius 3 is 1.81 bits per heavy atom. The van der Waals surface area contributed by atoms with Crippen molar-refractivity contribution >= 4 is 17.7 Å². The summed E-state index contributed by atoms with van der Waals surface area (Å²) in [6.45, 7) is 11.2. The summed E-state index contributed by atoms with van der Waals surface area (Å²) >= 11 is 1.79. The Morgan fingerprint density at radius 2 is 1.31 bits per heavy atom. The zero-order chi connectivity index (χ0) is 19.2. The van der Waals surface area contributed by atoms with Gasteiger partial charge in [-0.2, -0.15) is 0 Å². The highest BCUT2D eigenvalue weighted by Crippen LogP contribution is 2.39. The highest BCUT2D eigenvalue weighted by molar-refractivity contribution is 8.01. The molecule has 1 fully saturated rings. The molecule has 0 amide bonds. The number of carbonyl (C=O) groups excluding carboxylic acids is 1. The molecule has 5 nitrogen and oxygen atoms in total. The number of hydrogen-bond acceptors (Lipinski definition) is 6. The standard InChI is InChI=1S/C20H38O5S/c1-5-8-11-22-14-17-19(23-12-9-6-2)20(24-13-10-7-3)18(26-17)15-25-16(4)21/h17-20H,5-15H2,1-4H3/t17-,18?,19+,20-/m1/s1. The Kier molecular flexibility index (Phi) is 13.4. The molecule has 0 radical (unpaired) electrons. The molecule has 1 saturated heterocycles. The van der Waals surface area contributed by atoms with Gasteiger partial charge in [-0.05, 0) is 19.3 Å². The average molecular weight is 391 g/mol. The second-order valence-electron chi connectivity index (χ2n) is 6.82. The van der Waals surface area contributed by atoms with E-state index in [1.165, 1.54) is 6.92 Å². The first-order chi connectivity index (χ1) is 12.6. The third-order valence-corrected chi connectivity index (χ3v) is 5.91. The molecule has 4 atom stereocenters. The molecular weight excluding hydrogens is 352 g/mol. The van der Waals surface area contributed by atoms with Crippen molar-refractivity contribution in [2.45, 2.75) is 88.9 Å². The third-order valence-electron chi connectivity index (χ3n) is 4.40. The van der Waals surface area contributed by atoms with Crippen LogP contribution in [0, 0.1) is 0 Å². The summed E-state index contributed by atoms with van der Waals surface area (Å²) < 4.78 is 23.6. The number of ether oxygens (including phenoxy) is 4. The lowest BCUT2D eigenvalue weighted by molar-refractivity contribution is -0.142. The van der Waals surface area contributed by atoms with Gasteiger partial charge in [-0.1, -0.05) is 40.0 Å². The lowest BCUT2D eigenvalue weighted by atomic mass is 10.1. The second-order valence-corrected chi connectivity index (χ2v) is 8.31. The lowest BCUT2D eigenvalue weighted by Crippen LogP contribution is -2.40. The molecule has 0 aliphatic carbocycles. The maximum atomic E-state index is 11.3. The Labute approximate surface area is 163 Å². The molecule has 154 valence electrons. The molecule has 0 spiro atoms. The van der Waals surface area contributed by atoms with Crippen LogP contribution in [0.1, 0.15) is 66.2 Å². The summed E-state index contributed by atoms with van der Waals surface area (Å²) in [4.78, 5) is 11.3. The maximum absolute atomic E-state index is 11.3. The summed E-state index contributed by atoms with van der Waals surface area (Å²) in [5, 5.41) is 0.318. The van der Waals surface area contributed by atoms with Crippen molar-refractivity contribution in [2.24, 2.45) is 0 Å². The van der Waals surface area contributed by atoms with E-state index in [0.717, 1.165) is 58.3 Å². The highest BCUT2D eigenvalue weighted by atomic mass is 32.2. The molecule has 1 aliphatic heterocycles. The smallest absolute Gasteiger partial charge is 0.302 e. The molecule has 0 aromatic carbocycles. The molecule has 26 heavy (non-hydrogen) atoms. The van der Waals surface area contributed by atoms with Crippen LogP contribution in [0.3, 0.4) is 0 Å². The minimum absolute atomic E-state index is 0.00871. The number of esters is 1. The predicted octanol–water partition coefficient (Wildman–Crippen LogP) is 4.22. The van der Waals surface area contributed by atoms with Crippen LogP contribution in [0.2, 0.25) is 0 Å². The van der Waals surface area contributed by atoms with Crippen LogP contribution in [0.5, 0.6) is 0 Å². The van der Waals surface area contributed by atoms with E-state index in [1.54, 1.807) is 11.8 Å². The van der Waals surface area contributed by atoms with Gasteiger partial charge in [0.2, 0.25) is 0 Å². The fourth-order valence-electron chi connectivity index (χ4n) is 2.85. The van der Waals surface area contributed by atoms with Gasteiger partial charge in [0.15, 0.2) is 0 Å². The second kappa shape index (κ2) is 14.7. The first-order valence-corrected chi connectivity index (χ1v) is 11.2. The Hall–Kier alpha value is -0.300. The van der Waals surface area contributed by atoms with E-state index < -0.39 is 0 Å². The summed E-state index contributed by atoms with van der Waals surface area (Å²) in [7, 11) is 0. The predicted molar refractivity (Wildman–Crippen MR) is 107 cm³/mol. The molecule has 1 aliphatic rings.